The number of anilines is 1. The summed E-state index contributed by atoms with van der Waals surface area (Å²) >= 11 is 0. The summed E-state index contributed by atoms with van der Waals surface area (Å²) in [6.07, 6.45) is 1.66. The van der Waals surface area contributed by atoms with Crippen molar-refractivity contribution in [1.82, 2.24) is 14.7 Å². The number of fused-ring (bicyclic) bond motifs is 1. The second kappa shape index (κ2) is 7.85. The van der Waals surface area contributed by atoms with E-state index < -0.39 is 15.9 Å². The van der Waals surface area contributed by atoms with Crippen LogP contribution in [0.1, 0.15) is 23.2 Å². The molecule has 1 amide bonds. The maximum absolute atomic E-state index is 13.2. The molecule has 3 aromatic carbocycles. The second-order valence-corrected chi connectivity index (χ2v) is 9.42. The minimum Gasteiger partial charge on any atom is -0.338 e. The van der Waals surface area contributed by atoms with Crippen LogP contribution in [0.25, 0.3) is 22.4 Å². The number of sulfonamides is 1. The van der Waals surface area contributed by atoms with E-state index in [9.17, 15) is 17.6 Å². The maximum atomic E-state index is 13.2. The predicted molar refractivity (Wildman–Crippen MR) is 119 cm³/mol. The Labute approximate surface area is 183 Å². The van der Waals surface area contributed by atoms with E-state index in [-0.39, 0.29) is 22.3 Å². The molecule has 9 heteroatoms. The monoisotopic (exact) mass is 450 g/mol. The molecular formula is C23H19FN4O3S. The van der Waals surface area contributed by atoms with Gasteiger partial charge in [0.2, 0.25) is 10.0 Å². The molecular weight excluding hydrogens is 431 g/mol. The van der Waals surface area contributed by atoms with Gasteiger partial charge < -0.3 is 10.3 Å². The highest BCUT2D eigenvalue weighted by molar-refractivity contribution is 7.89. The number of aromatic nitrogens is 2. The zero-order chi connectivity index (χ0) is 22.3. The largest absolute Gasteiger partial charge is 0.338 e. The lowest BCUT2D eigenvalue weighted by atomic mass is 10.2. The minimum absolute atomic E-state index is 0.0154. The van der Waals surface area contributed by atoms with Crippen molar-refractivity contribution in [3.05, 3.63) is 78.1 Å². The molecule has 32 heavy (non-hydrogen) atoms. The Bertz CT molecular complexity index is 1430. The number of imidazole rings is 1. The van der Waals surface area contributed by atoms with Gasteiger partial charge in [-0.3, -0.25) is 4.79 Å². The van der Waals surface area contributed by atoms with E-state index in [4.69, 9.17) is 0 Å². The number of carbonyl (C=O) groups is 1. The Hall–Kier alpha value is -3.56. The summed E-state index contributed by atoms with van der Waals surface area (Å²) in [7, 11) is -3.65. The number of hydrogen-bond donors (Lipinski definition) is 3. The fraction of sp³-hybridized carbons (Fsp3) is 0.130. The number of aromatic amines is 1. The Morgan fingerprint density at radius 3 is 2.56 bits per heavy atom. The van der Waals surface area contributed by atoms with Crippen LogP contribution in [-0.2, 0) is 10.0 Å². The Morgan fingerprint density at radius 1 is 1.03 bits per heavy atom. The molecule has 5 rings (SSSR count). The van der Waals surface area contributed by atoms with Crippen LogP contribution in [-0.4, -0.2) is 30.3 Å². The van der Waals surface area contributed by atoms with Gasteiger partial charge in [0.05, 0.1) is 15.9 Å². The first kappa shape index (κ1) is 20.3. The standard InChI is InChI=1S/C23H19FN4O3S/c24-16-6-4-14(5-7-16)22-26-20-11-10-18(13-21(20)27-22)25-23(29)15-2-1-3-19(12-15)32(30,31)28-17-8-9-17/h1-7,10-13,17,28H,8-9H2,(H,25,29)(H,26,27). The van der Waals surface area contributed by atoms with Gasteiger partial charge >= 0.3 is 0 Å². The van der Waals surface area contributed by atoms with Gasteiger partial charge in [0.25, 0.3) is 5.91 Å². The van der Waals surface area contributed by atoms with Gasteiger partial charge in [-0.1, -0.05) is 6.07 Å². The van der Waals surface area contributed by atoms with E-state index in [1.807, 2.05) is 0 Å². The summed E-state index contributed by atoms with van der Waals surface area (Å²) in [4.78, 5) is 20.5. The third kappa shape index (κ3) is 4.25. The molecule has 3 N–H and O–H groups in total. The molecule has 0 bridgehead atoms. The van der Waals surface area contributed by atoms with E-state index in [0.717, 1.165) is 18.4 Å². The van der Waals surface area contributed by atoms with Gasteiger partial charge in [0.1, 0.15) is 11.6 Å². The Kier molecular flexibility index (Phi) is 4.99. The molecule has 7 nitrogen and oxygen atoms in total. The summed E-state index contributed by atoms with van der Waals surface area (Å²) in [5.41, 5.74) is 2.90. The Balaban J connectivity index is 1.36. The summed E-state index contributed by atoms with van der Waals surface area (Å²) in [5, 5.41) is 2.79. The number of H-pyrrole nitrogens is 1. The van der Waals surface area contributed by atoms with Crippen LogP contribution in [0.3, 0.4) is 0 Å². The van der Waals surface area contributed by atoms with Gasteiger partial charge in [0, 0.05) is 22.9 Å². The van der Waals surface area contributed by atoms with E-state index >= 15 is 0 Å². The molecule has 1 saturated carbocycles. The lowest BCUT2D eigenvalue weighted by Gasteiger charge is -2.08. The van der Waals surface area contributed by atoms with Gasteiger partial charge in [-0.05, 0) is 73.5 Å². The van der Waals surface area contributed by atoms with E-state index in [1.54, 1.807) is 42.5 Å². The number of halogens is 1. The van der Waals surface area contributed by atoms with Gasteiger partial charge in [0.15, 0.2) is 0 Å². The third-order valence-corrected chi connectivity index (χ3v) is 6.68. The van der Waals surface area contributed by atoms with Crippen LogP contribution >= 0.6 is 0 Å². The molecule has 1 aliphatic carbocycles. The van der Waals surface area contributed by atoms with Crippen LogP contribution < -0.4 is 10.0 Å². The average molecular weight is 450 g/mol. The fourth-order valence-corrected chi connectivity index (χ4v) is 4.68. The van der Waals surface area contributed by atoms with Crippen LogP contribution in [0.15, 0.2) is 71.6 Å². The molecule has 0 spiro atoms. The molecule has 0 radical (unpaired) electrons. The molecule has 0 unspecified atom stereocenters. The number of hydrogen-bond acceptors (Lipinski definition) is 4. The molecule has 1 aliphatic rings. The normalized spacial score (nSPS) is 13.9. The van der Waals surface area contributed by atoms with E-state index in [2.05, 4.69) is 20.0 Å². The fourth-order valence-electron chi connectivity index (χ4n) is 3.33. The smallest absolute Gasteiger partial charge is 0.255 e. The van der Waals surface area contributed by atoms with Crippen molar-refractivity contribution >= 4 is 32.7 Å². The molecule has 0 saturated heterocycles. The first-order valence-corrected chi connectivity index (χ1v) is 11.6. The number of amides is 1. The van der Waals surface area contributed by atoms with E-state index in [1.165, 1.54) is 24.3 Å². The first-order valence-electron chi connectivity index (χ1n) is 10.1. The summed E-state index contributed by atoms with van der Waals surface area (Å²) < 4.78 is 40.6. The lowest BCUT2D eigenvalue weighted by Crippen LogP contribution is -2.26. The van der Waals surface area contributed by atoms with Crippen molar-refractivity contribution in [2.45, 2.75) is 23.8 Å². The van der Waals surface area contributed by atoms with Crippen molar-refractivity contribution in [2.24, 2.45) is 0 Å². The molecule has 1 fully saturated rings. The molecule has 0 atom stereocenters. The number of nitrogens with zero attached hydrogens (tertiary/aromatic N) is 1. The lowest BCUT2D eigenvalue weighted by molar-refractivity contribution is 0.102. The van der Waals surface area contributed by atoms with Gasteiger partial charge in [-0.15, -0.1) is 0 Å². The zero-order valence-electron chi connectivity index (χ0n) is 16.8. The van der Waals surface area contributed by atoms with Crippen molar-refractivity contribution in [3.8, 4) is 11.4 Å². The summed E-state index contributed by atoms with van der Waals surface area (Å²) in [6, 6.07) is 17.1. The number of nitrogens with one attached hydrogen (secondary N) is 3. The van der Waals surface area contributed by atoms with Gasteiger partial charge in [-0.2, -0.15) is 0 Å². The third-order valence-electron chi connectivity index (χ3n) is 5.16. The van der Waals surface area contributed by atoms with Crippen molar-refractivity contribution < 1.29 is 17.6 Å². The topological polar surface area (TPSA) is 104 Å². The highest BCUT2D eigenvalue weighted by Gasteiger charge is 2.28. The highest BCUT2D eigenvalue weighted by atomic mass is 32.2. The van der Waals surface area contributed by atoms with Crippen molar-refractivity contribution in [3.63, 3.8) is 0 Å². The quantitative estimate of drug-likeness (QED) is 0.412. The summed E-state index contributed by atoms with van der Waals surface area (Å²) in [6.45, 7) is 0. The Morgan fingerprint density at radius 2 is 1.81 bits per heavy atom. The second-order valence-electron chi connectivity index (χ2n) is 7.70. The van der Waals surface area contributed by atoms with E-state index in [0.29, 0.717) is 22.5 Å². The molecule has 1 aromatic heterocycles. The molecule has 4 aromatic rings. The van der Waals surface area contributed by atoms with Crippen LogP contribution in [0, 0.1) is 5.82 Å². The number of rotatable bonds is 6. The summed E-state index contributed by atoms with van der Waals surface area (Å²) in [5.74, 6) is -0.161. The number of carbonyl (C=O) groups excluding carboxylic acids is 1. The zero-order valence-corrected chi connectivity index (χ0v) is 17.6. The molecule has 0 aliphatic heterocycles. The van der Waals surface area contributed by atoms with Crippen LogP contribution in [0.2, 0.25) is 0 Å². The SMILES string of the molecule is O=C(Nc1ccc2nc(-c3ccc(F)cc3)[nH]c2c1)c1cccc(S(=O)(=O)NC2CC2)c1. The highest BCUT2D eigenvalue weighted by Crippen LogP contribution is 2.25. The van der Waals surface area contributed by atoms with Crippen molar-refractivity contribution in [2.75, 3.05) is 5.32 Å². The first-order chi connectivity index (χ1) is 15.4. The predicted octanol–water partition coefficient (Wildman–Crippen LogP) is 4.06. The maximum Gasteiger partial charge on any atom is 0.255 e. The molecule has 1 heterocycles. The average Bonchev–Trinajstić information content (AvgIpc) is 3.48. The van der Waals surface area contributed by atoms with Gasteiger partial charge in [-0.25, -0.2) is 22.5 Å². The molecule has 162 valence electrons. The van der Waals surface area contributed by atoms with Crippen molar-refractivity contribution in [1.29, 1.82) is 0 Å². The van der Waals surface area contributed by atoms with Crippen LogP contribution in [0.4, 0.5) is 10.1 Å². The number of benzene rings is 3. The minimum atomic E-state index is -3.65. The van der Waals surface area contributed by atoms with Crippen LogP contribution in [0.5, 0.6) is 0 Å².